The van der Waals surface area contributed by atoms with Crippen molar-refractivity contribution in [2.45, 2.75) is 0 Å². The summed E-state index contributed by atoms with van der Waals surface area (Å²) in [5.41, 5.74) is 9.39. The summed E-state index contributed by atoms with van der Waals surface area (Å²) in [6.07, 6.45) is 0. The lowest BCUT2D eigenvalue weighted by molar-refractivity contribution is 0.415. The van der Waals surface area contributed by atoms with Gasteiger partial charge in [-0.3, -0.25) is 0 Å². The van der Waals surface area contributed by atoms with Gasteiger partial charge in [0.2, 0.25) is 5.95 Å². The van der Waals surface area contributed by atoms with Crippen molar-refractivity contribution >= 4 is 5.95 Å². The Hall–Kier alpha value is -2.88. The lowest BCUT2D eigenvalue weighted by atomic mass is 10.1. The molecular formula is C17H15N3O. The highest BCUT2D eigenvalue weighted by atomic mass is 16.5. The smallest absolute Gasteiger partial charge is 0.221 e. The summed E-state index contributed by atoms with van der Waals surface area (Å²) in [4.78, 5) is 8.62. The summed E-state index contributed by atoms with van der Waals surface area (Å²) in [7, 11) is 1.64. The number of methoxy groups -OCH3 is 1. The predicted molar refractivity (Wildman–Crippen MR) is 83.9 cm³/mol. The van der Waals surface area contributed by atoms with Gasteiger partial charge in [0.1, 0.15) is 5.75 Å². The van der Waals surface area contributed by atoms with Crippen LogP contribution < -0.4 is 10.5 Å². The molecule has 0 fully saturated rings. The molecule has 0 atom stereocenters. The van der Waals surface area contributed by atoms with Gasteiger partial charge in [0.15, 0.2) is 0 Å². The molecular weight excluding hydrogens is 262 g/mol. The Labute approximate surface area is 123 Å². The molecule has 2 N–H and O–H groups in total. The van der Waals surface area contributed by atoms with E-state index in [0.29, 0.717) is 0 Å². The fourth-order valence-electron chi connectivity index (χ4n) is 2.15. The molecule has 0 amide bonds. The average molecular weight is 277 g/mol. The highest BCUT2D eigenvalue weighted by Gasteiger charge is 2.07. The van der Waals surface area contributed by atoms with Crippen molar-refractivity contribution in [3.05, 3.63) is 60.7 Å². The first-order valence-electron chi connectivity index (χ1n) is 6.60. The lowest BCUT2D eigenvalue weighted by Crippen LogP contribution is -1.98. The molecule has 21 heavy (non-hydrogen) atoms. The summed E-state index contributed by atoms with van der Waals surface area (Å²) in [6, 6.07) is 19.6. The topological polar surface area (TPSA) is 61.0 Å². The second-order valence-electron chi connectivity index (χ2n) is 4.59. The number of aromatic nitrogens is 2. The zero-order valence-corrected chi connectivity index (χ0v) is 11.7. The summed E-state index contributed by atoms with van der Waals surface area (Å²) in [6.45, 7) is 0. The van der Waals surface area contributed by atoms with Crippen LogP contribution in [0.2, 0.25) is 0 Å². The van der Waals surface area contributed by atoms with Crippen molar-refractivity contribution in [2.24, 2.45) is 0 Å². The normalized spacial score (nSPS) is 10.3. The van der Waals surface area contributed by atoms with Gasteiger partial charge in [0.25, 0.3) is 0 Å². The van der Waals surface area contributed by atoms with Crippen LogP contribution >= 0.6 is 0 Å². The van der Waals surface area contributed by atoms with E-state index in [2.05, 4.69) is 9.97 Å². The first-order chi connectivity index (χ1) is 10.3. The van der Waals surface area contributed by atoms with Crippen molar-refractivity contribution in [1.29, 1.82) is 0 Å². The van der Waals surface area contributed by atoms with E-state index in [9.17, 15) is 0 Å². The molecule has 4 nitrogen and oxygen atoms in total. The van der Waals surface area contributed by atoms with Crippen LogP contribution in [0.1, 0.15) is 0 Å². The number of nitrogens with two attached hydrogens (primary N) is 1. The van der Waals surface area contributed by atoms with Crippen molar-refractivity contribution in [2.75, 3.05) is 12.8 Å². The van der Waals surface area contributed by atoms with Crippen LogP contribution in [0.5, 0.6) is 5.75 Å². The molecule has 0 bridgehead atoms. The van der Waals surface area contributed by atoms with E-state index < -0.39 is 0 Å². The zero-order valence-electron chi connectivity index (χ0n) is 11.7. The standard InChI is InChI=1S/C17H15N3O/c1-21-14-9-5-8-13(10-14)16-11-15(19-17(18)20-16)12-6-3-2-4-7-12/h2-11H,1H3,(H2,18,19,20). The number of hydrogen-bond acceptors (Lipinski definition) is 4. The Morgan fingerprint density at radius 2 is 1.48 bits per heavy atom. The van der Waals surface area contributed by atoms with Crippen LogP contribution in [0, 0.1) is 0 Å². The molecule has 4 heteroatoms. The lowest BCUT2D eigenvalue weighted by Gasteiger charge is -2.07. The molecule has 0 aliphatic rings. The molecule has 0 spiro atoms. The van der Waals surface area contributed by atoms with E-state index in [1.165, 1.54) is 0 Å². The second-order valence-corrected chi connectivity index (χ2v) is 4.59. The van der Waals surface area contributed by atoms with Crippen molar-refractivity contribution in [1.82, 2.24) is 9.97 Å². The molecule has 0 saturated carbocycles. The zero-order chi connectivity index (χ0) is 14.7. The van der Waals surface area contributed by atoms with E-state index in [1.807, 2.05) is 60.7 Å². The summed E-state index contributed by atoms with van der Waals surface area (Å²) in [5.74, 6) is 1.04. The molecule has 0 radical (unpaired) electrons. The average Bonchev–Trinajstić information content (AvgIpc) is 2.55. The van der Waals surface area contributed by atoms with Crippen LogP contribution in [0.15, 0.2) is 60.7 Å². The van der Waals surface area contributed by atoms with Gasteiger partial charge in [0.05, 0.1) is 18.5 Å². The minimum atomic E-state index is 0.258. The van der Waals surface area contributed by atoms with E-state index in [4.69, 9.17) is 10.5 Å². The van der Waals surface area contributed by atoms with Gasteiger partial charge in [-0.1, -0.05) is 42.5 Å². The third-order valence-corrected chi connectivity index (χ3v) is 3.18. The number of nitrogens with zero attached hydrogens (tertiary/aromatic N) is 2. The number of rotatable bonds is 3. The molecule has 0 aliphatic heterocycles. The summed E-state index contributed by atoms with van der Waals surface area (Å²) < 4.78 is 5.25. The maximum atomic E-state index is 5.85. The molecule has 2 aromatic carbocycles. The highest BCUT2D eigenvalue weighted by molar-refractivity contribution is 5.69. The van der Waals surface area contributed by atoms with E-state index in [0.717, 1.165) is 28.3 Å². The molecule has 3 aromatic rings. The van der Waals surface area contributed by atoms with Gasteiger partial charge >= 0.3 is 0 Å². The second kappa shape index (κ2) is 5.63. The number of ether oxygens (including phenoxy) is 1. The molecule has 0 unspecified atom stereocenters. The third kappa shape index (κ3) is 2.84. The third-order valence-electron chi connectivity index (χ3n) is 3.18. The predicted octanol–water partition coefficient (Wildman–Crippen LogP) is 3.40. The maximum Gasteiger partial charge on any atom is 0.221 e. The van der Waals surface area contributed by atoms with Crippen LogP contribution in [0.25, 0.3) is 22.5 Å². The number of benzene rings is 2. The summed E-state index contributed by atoms with van der Waals surface area (Å²) >= 11 is 0. The quantitative estimate of drug-likeness (QED) is 0.797. The van der Waals surface area contributed by atoms with Crippen molar-refractivity contribution < 1.29 is 4.74 Å². The Balaban J connectivity index is 2.09. The first kappa shape index (κ1) is 13.1. The van der Waals surface area contributed by atoms with Crippen molar-refractivity contribution in [3.8, 4) is 28.3 Å². The first-order valence-corrected chi connectivity index (χ1v) is 6.60. The van der Waals surface area contributed by atoms with Gasteiger partial charge in [-0.25, -0.2) is 9.97 Å². The van der Waals surface area contributed by atoms with Crippen LogP contribution in [0.4, 0.5) is 5.95 Å². The molecule has 1 aromatic heterocycles. The number of hydrogen-bond donors (Lipinski definition) is 1. The fraction of sp³-hybridized carbons (Fsp3) is 0.0588. The molecule has 104 valence electrons. The van der Waals surface area contributed by atoms with E-state index >= 15 is 0 Å². The van der Waals surface area contributed by atoms with E-state index in [-0.39, 0.29) is 5.95 Å². The van der Waals surface area contributed by atoms with Gasteiger partial charge in [-0.05, 0) is 18.2 Å². The molecule has 0 aliphatic carbocycles. The minimum Gasteiger partial charge on any atom is -0.497 e. The number of anilines is 1. The number of nitrogen functional groups attached to an aromatic ring is 1. The van der Waals surface area contributed by atoms with Gasteiger partial charge in [-0.15, -0.1) is 0 Å². The fourth-order valence-corrected chi connectivity index (χ4v) is 2.15. The molecule has 0 saturated heterocycles. The van der Waals surface area contributed by atoms with Crippen molar-refractivity contribution in [3.63, 3.8) is 0 Å². The van der Waals surface area contributed by atoms with Crippen LogP contribution in [-0.2, 0) is 0 Å². The monoisotopic (exact) mass is 277 g/mol. The van der Waals surface area contributed by atoms with Crippen LogP contribution in [-0.4, -0.2) is 17.1 Å². The summed E-state index contributed by atoms with van der Waals surface area (Å²) in [5, 5.41) is 0. The molecule has 1 heterocycles. The largest absolute Gasteiger partial charge is 0.497 e. The van der Waals surface area contributed by atoms with Crippen LogP contribution in [0.3, 0.4) is 0 Å². The highest BCUT2D eigenvalue weighted by Crippen LogP contribution is 2.26. The minimum absolute atomic E-state index is 0.258. The van der Waals surface area contributed by atoms with Gasteiger partial charge < -0.3 is 10.5 Å². The van der Waals surface area contributed by atoms with Gasteiger partial charge in [0, 0.05) is 11.1 Å². The molecule has 3 rings (SSSR count). The maximum absolute atomic E-state index is 5.85. The SMILES string of the molecule is COc1cccc(-c2cc(-c3ccccc3)nc(N)n2)c1. The Kier molecular flexibility index (Phi) is 3.51. The van der Waals surface area contributed by atoms with E-state index in [1.54, 1.807) is 7.11 Å². The van der Waals surface area contributed by atoms with Gasteiger partial charge in [-0.2, -0.15) is 0 Å². The Morgan fingerprint density at radius 3 is 2.19 bits per heavy atom. The Morgan fingerprint density at radius 1 is 0.810 bits per heavy atom. The Bertz CT molecular complexity index is 757.